The van der Waals surface area contributed by atoms with Gasteiger partial charge in [-0.3, -0.25) is 9.59 Å². The zero-order valence-corrected chi connectivity index (χ0v) is 17.5. The third kappa shape index (κ3) is 5.65. The molecule has 7 heteroatoms. The minimum absolute atomic E-state index is 0.0865. The van der Waals surface area contributed by atoms with Gasteiger partial charge >= 0.3 is 0 Å². The summed E-state index contributed by atoms with van der Waals surface area (Å²) >= 11 is 0. The quantitative estimate of drug-likeness (QED) is 0.648. The standard InChI is InChI=1S/C23H28N2O5/c1-3-13-29-20-11-6-17(14-21(20)28-2)15-24-22(26)16-30-19-9-7-18(8-10-19)25-12-4-5-23(25)27/h6-11,14H,3-5,12-13,15-16H2,1-2H3,(H,24,26). The molecule has 0 atom stereocenters. The number of nitrogens with one attached hydrogen (secondary N) is 1. The lowest BCUT2D eigenvalue weighted by Crippen LogP contribution is -2.28. The normalized spacial score (nSPS) is 13.3. The van der Waals surface area contributed by atoms with Crippen molar-refractivity contribution >= 4 is 17.5 Å². The number of hydrogen-bond acceptors (Lipinski definition) is 5. The van der Waals surface area contributed by atoms with Gasteiger partial charge in [-0.25, -0.2) is 0 Å². The monoisotopic (exact) mass is 412 g/mol. The van der Waals surface area contributed by atoms with Crippen LogP contribution in [-0.4, -0.2) is 38.7 Å². The molecule has 1 heterocycles. The molecule has 0 saturated carbocycles. The van der Waals surface area contributed by atoms with Crippen LogP contribution in [0.2, 0.25) is 0 Å². The van der Waals surface area contributed by atoms with Crippen molar-refractivity contribution in [3.8, 4) is 17.2 Å². The first-order valence-electron chi connectivity index (χ1n) is 10.2. The van der Waals surface area contributed by atoms with E-state index in [1.807, 2.05) is 37.3 Å². The van der Waals surface area contributed by atoms with E-state index in [9.17, 15) is 9.59 Å². The Hall–Kier alpha value is -3.22. The molecule has 0 aliphatic carbocycles. The Morgan fingerprint density at radius 2 is 1.90 bits per heavy atom. The average molecular weight is 412 g/mol. The second kappa shape index (κ2) is 10.5. The number of carbonyl (C=O) groups excluding carboxylic acids is 2. The Kier molecular flexibility index (Phi) is 7.54. The molecule has 7 nitrogen and oxygen atoms in total. The van der Waals surface area contributed by atoms with Gasteiger partial charge in [0.2, 0.25) is 5.91 Å². The molecule has 2 amide bonds. The Morgan fingerprint density at radius 1 is 1.10 bits per heavy atom. The topological polar surface area (TPSA) is 77.1 Å². The highest BCUT2D eigenvalue weighted by Gasteiger charge is 2.21. The van der Waals surface area contributed by atoms with Crippen LogP contribution in [-0.2, 0) is 16.1 Å². The summed E-state index contributed by atoms with van der Waals surface area (Å²) in [5, 5.41) is 2.83. The van der Waals surface area contributed by atoms with Crippen molar-refractivity contribution < 1.29 is 23.8 Å². The summed E-state index contributed by atoms with van der Waals surface area (Å²) in [6.07, 6.45) is 2.40. The lowest BCUT2D eigenvalue weighted by molar-refractivity contribution is -0.123. The Morgan fingerprint density at radius 3 is 2.57 bits per heavy atom. The van der Waals surface area contributed by atoms with E-state index in [0.717, 1.165) is 30.6 Å². The molecule has 0 radical (unpaired) electrons. The van der Waals surface area contributed by atoms with E-state index in [-0.39, 0.29) is 18.4 Å². The zero-order chi connectivity index (χ0) is 21.3. The van der Waals surface area contributed by atoms with Gasteiger partial charge in [0.15, 0.2) is 18.1 Å². The molecule has 0 spiro atoms. The van der Waals surface area contributed by atoms with Crippen LogP contribution in [0, 0.1) is 0 Å². The fourth-order valence-electron chi connectivity index (χ4n) is 3.20. The van der Waals surface area contributed by atoms with Crippen LogP contribution in [0.15, 0.2) is 42.5 Å². The van der Waals surface area contributed by atoms with Crippen LogP contribution < -0.4 is 24.4 Å². The summed E-state index contributed by atoms with van der Waals surface area (Å²) in [6.45, 7) is 3.69. The van der Waals surface area contributed by atoms with Crippen molar-refractivity contribution in [2.24, 2.45) is 0 Å². The van der Waals surface area contributed by atoms with Gasteiger partial charge in [0.25, 0.3) is 5.91 Å². The van der Waals surface area contributed by atoms with Crippen molar-refractivity contribution in [2.75, 3.05) is 31.8 Å². The van der Waals surface area contributed by atoms with Crippen molar-refractivity contribution in [2.45, 2.75) is 32.7 Å². The van der Waals surface area contributed by atoms with E-state index in [1.54, 1.807) is 24.1 Å². The number of amides is 2. The number of hydrogen-bond donors (Lipinski definition) is 1. The SMILES string of the molecule is CCCOc1ccc(CNC(=O)COc2ccc(N3CCCC3=O)cc2)cc1OC. The number of benzene rings is 2. The van der Waals surface area contributed by atoms with Crippen molar-refractivity contribution in [1.82, 2.24) is 5.32 Å². The van der Waals surface area contributed by atoms with Gasteiger partial charge in [0.05, 0.1) is 13.7 Å². The average Bonchev–Trinajstić information content (AvgIpc) is 3.21. The molecule has 1 aliphatic heterocycles. The van der Waals surface area contributed by atoms with Crippen molar-refractivity contribution in [3.63, 3.8) is 0 Å². The molecule has 3 rings (SSSR count). The summed E-state index contributed by atoms with van der Waals surface area (Å²) in [6, 6.07) is 12.8. The first-order chi connectivity index (χ1) is 14.6. The van der Waals surface area contributed by atoms with Gasteiger partial charge < -0.3 is 24.4 Å². The third-order valence-electron chi connectivity index (χ3n) is 4.77. The summed E-state index contributed by atoms with van der Waals surface area (Å²) in [4.78, 5) is 25.7. The fraction of sp³-hybridized carbons (Fsp3) is 0.391. The van der Waals surface area contributed by atoms with Crippen LogP contribution in [0.3, 0.4) is 0 Å². The predicted octanol–water partition coefficient (Wildman–Crippen LogP) is 3.31. The van der Waals surface area contributed by atoms with E-state index in [1.165, 1.54) is 0 Å². The maximum Gasteiger partial charge on any atom is 0.258 e. The minimum Gasteiger partial charge on any atom is -0.493 e. The minimum atomic E-state index is -0.223. The number of methoxy groups -OCH3 is 1. The van der Waals surface area contributed by atoms with Crippen molar-refractivity contribution in [1.29, 1.82) is 0 Å². The molecular weight excluding hydrogens is 384 g/mol. The van der Waals surface area contributed by atoms with Gasteiger partial charge in [-0.1, -0.05) is 13.0 Å². The molecular formula is C23H28N2O5. The molecule has 1 saturated heterocycles. The van der Waals surface area contributed by atoms with Gasteiger partial charge in [-0.15, -0.1) is 0 Å². The van der Waals surface area contributed by atoms with Crippen LogP contribution >= 0.6 is 0 Å². The Labute approximate surface area is 176 Å². The highest BCUT2D eigenvalue weighted by Crippen LogP contribution is 2.28. The highest BCUT2D eigenvalue weighted by molar-refractivity contribution is 5.95. The molecule has 1 fully saturated rings. The molecule has 0 unspecified atom stereocenters. The first kappa shape index (κ1) is 21.5. The predicted molar refractivity (Wildman–Crippen MR) is 114 cm³/mol. The molecule has 0 bridgehead atoms. The third-order valence-corrected chi connectivity index (χ3v) is 4.77. The number of rotatable bonds is 10. The molecule has 0 aromatic heterocycles. The summed E-state index contributed by atoms with van der Waals surface area (Å²) in [5.41, 5.74) is 1.76. The fourth-order valence-corrected chi connectivity index (χ4v) is 3.20. The molecule has 2 aromatic carbocycles. The summed E-state index contributed by atoms with van der Waals surface area (Å²) in [7, 11) is 1.59. The molecule has 160 valence electrons. The smallest absolute Gasteiger partial charge is 0.258 e. The number of ether oxygens (including phenoxy) is 3. The molecule has 30 heavy (non-hydrogen) atoms. The van der Waals surface area contributed by atoms with Gasteiger partial charge in [-0.05, 0) is 54.8 Å². The van der Waals surface area contributed by atoms with Crippen LogP contribution in [0.25, 0.3) is 0 Å². The maximum absolute atomic E-state index is 12.1. The van der Waals surface area contributed by atoms with E-state index >= 15 is 0 Å². The van der Waals surface area contributed by atoms with Gasteiger partial charge in [0, 0.05) is 25.2 Å². The van der Waals surface area contributed by atoms with E-state index in [4.69, 9.17) is 14.2 Å². The molecule has 2 aromatic rings. The van der Waals surface area contributed by atoms with E-state index in [0.29, 0.717) is 36.8 Å². The zero-order valence-electron chi connectivity index (χ0n) is 17.5. The highest BCUT2D eigenvalue weighted by atomic mass is 16.5. The van der Waals surface area contributed by atoms with E-state index < -0.39 is 0 Å². The second-order valence-electron chi connectivity index (χ2n) is 7.04. The first-order valence-corrected chi connectivity index (χ1v) is 10.2. The Bertz CT molecular complexity index is 866. The summed E-state index contributed by atoms with van der Waals surface area (Å²) in [5.74, 6) is 1.84. The number of carbonyl (C=O) groups is 2. The number of nitrogens with zero attached hydrogens (tertiary/aromatic N) is 1. The Balaban J connectivity index is 1.46. The van der Waals surface area contributed by atoms with Crippen LogP contribution in [0.5, 0.6) is 17.2 Å². The summed E-state index contributed by atoms with van der Waals surface area (Å²) < 4.78 is 16.5. The van der Waals surface area contributed by atoms with Crippen LogP contribution in [0.4, 0.5) is 5.69 Å². The van der Waals surface area contributed by atoms with E-state index in [2.05, 4.69) is 5.32 Å². The van der Waals surface area contributed by atoms with Crippen LogP contribution in [0.1, 0.15) is 31.7 Å². The van der Waals surface area contributed by atoms with Gasteiger partial charge in [0.1, 0.15) is 5.75 Å². The van der Waals surface area contributed by atoms with Crippen molar-refractivity contribution in [3.05, 3.63) is 48.0 Å². The number of anilines is 1. The lowest BCUT2D eigenvalue weighted by Gasteiger charge is -2.16. The second-order valence-corrected chi connectivity index (χ2v) is 7.04. The largest absolute Gasteiger partial charge is 0.493 e. The lowest BCUT2D eigenvalue weighted by atomic mass is 10.2. The maximum atomic E-state index is 12.1. The molecule has 1 N–H and O–H groups in total. The molecule has 1 aliphatic rings. The van der Waals surface area contributed by atoms with Gasteiger partial charge in [-0.2, -0.15) is 0 Å².